The fourth-order valence-electron chi connectivity index (χ4n) is 1.54. The van der Waals surface area contributed by atoms with Gasteiger partial charge in [0.05, 0.1) is 0 Å². The summed E-state index contributed by atoms with van der Waals surface area (Å²) >= 11 is 0. The monoisotopic (exact) mass is 195 g/mol. The maximum atomic E-state index is 11.3. The number of rotatable bonds is 1. The zero-order valence-corrected chi connectivity index (χ0v) is 7.37. The van der Waals surface area contributed by atoms with Crippen molar-refractivity contribution in [2.75, 3.05) is 11.9 Å². The van der Waals surface area contributed by atoms with Gasteiger partial charge in [-0.1, -0.05) is 0 Å². The first-order valence-corrected chi connectivity index (χ1v) is 4.30. The van der Waals surface area contributed by atoms with E-state index in [1.165, 1.54) is 4.57 Å². The SMILES string of the molecule is O=Cc1c2n(c(=O)[nH]c1=O)CCCN2. The molecule has 0 atom stereocenters. The van der Waals surface area contributed by atoms with Crippen LogP contribution in [0.15, 0.2) is 9.59 Å². The standard InChI is InChI=1S/C8H9N3O3/c12-4-5-6-9-2-1-3-11(6)8(14)10-7(5)13/h4,9H,1-3H2,(H,10,13,14). The number of anilines is 1. The van der Waals surface area contributed by atoms with Gasteiger partial charge < -0.3 is 5.32 Å². The van der Waals surface area contributed by atoms with Crippen LogP contribution >= 0.6 is 0 Å². The van der Waals surface area contributed by atoms with Gasteiger partial charge >= 0.3 is 5.69 Å². The van der Waals surface area contributed by atoms with Crippen LogP contribution in [0.3, 0.4) is 0 Å². The van der Waals surface area contributed by atoms with E-state index in [1.807, 2.05) is 0 Å². The van der Waals surface area contributed by atoms with Crippen molar-refractivity contribution in [3.63, 3.8) is 0 Å². The molecule has 0 saturated carbocycles. The molecular formula is C8H9N3O3. The number of aromatic nitrogens is 2. The highest BCUT2D eigenvalue weighted by atomic mass is 16.2. The number of aldehydes is 1. The molecule has 2 rings (SSSR count). The normalized spacial score (nSPS) is 14.3. The predicted octanol–water partition coefficient (Wildman–Crippen LogP) is -0.835. The second-order valence-electron chi connectivity index (χ2n) is 3.07. The van der Waals surface area contributed by atoms with Crippen LogP contribution in [0.25, 0.3) is 0 Å². The van der Waals surface area contributed by atoms with Crippen molar-refractivity contribution < 1.29 is 4.79 Å². The lowest BCUT2D eigenvalue weighted by atomic mass is 10.2. The third-order valence-electron chi connectivity index (χ3n) is 2.20. The Morgan fingerprint density at radius 3 is 2.86 bits per heavy atom. The van der Waals surface area contributed by atoms with Crippen molar-refractivity contribution in [1.29, 1.82) is 0 Å². The molecule has 0 radical (unpaired) electrons. The van der Waals surface area contributed by atoms with Gasteiger partial charge in [-0.2, -0.15) is 0 Å². The Labute approximate surface area is 78.6 Å². The molecule has 0 fully saturated rings. The number of H-pyrrole nitrogens is 1. The molecule has 1 aliphatic heterocycles. The molecule has 1 aromatic rings. The molecule has 14 heavy (non-hydrogen) atoms. The lowest BCUT2D eigenvalue weighted by Gasteiger charge is -2.20. The average Bonchev–Trinajstić information content (AvgIpc) is 2.18. The van der Waals surface area contributed by atoms with Crippen LogP contribution in [-0.2, 0) is 6.54 Å². The van der Waals surface area contributed by atoms with Gasteiger partial charge in [0.1, 0.15) is 11.4 Å². The van der Waals surface area contributed by atoms with Crippen LogP contribution in [0.2, 0.25) is 0 Å². The molecule has 6 heteroatoms. The third-order valence-corrected chi connectivity index (χ3v) is 2.20. The lowest BCUT2D eigenvalue weighted by molar-refractivity contribution is 0.112. The van der Waals surface area contributed by atoms with Crippen LogP contribution in [0.4, 0.5) is 5.82 Å². The van der Waals surface area contributed by atoms with E-state index in [0.717, 1.165) is 6.42 Å². The molecule has 0 amide bonds. The first-order valence-electron chi connectivity index (χ1n) is 4.30. The number of hydrogen-bond acceptors (Lipinski definition) is 4. The van der Waals surface area contributed by atoms with Crippen molar-refractivity contribution in [3.8, 4) is 0 Å². The highest BCUT2D eigenvalue weighted by Gasteiger charge is 2.16. The third kappa shape index (κ3) is 1.15. The number of carbonyl (C=O) groups excluding carboxylic acids is 1. The van der Waals surface area contributed by atoms with E-state index in [1.54, 1.807) is 0 Å². The number of hydrogen-bond donors (Lipinski definition) is 2. The highest BCUT2D eigenvalue weighted by molar-refractivity contribution is 5.82. The van der Waals surface area contributed by atoms with Crippen LogP contribution in [-0.4, -0.2) is 22.4 Å². The van der Waals surface area contributed by atoms with E-state index in [0.29, 0.717) is 25.2 Å². The lowest BCUT2D eigenvalue weighted by Crippen LogP contribution is -2.37. The van der Waals surface area contributed by atoms with Crippen molar-refractivity contribution in [2.24, 2.45) is 0 Å². The second kappa shape index (κ2) is 3.13. The van der Waals surface area contributed by atoms with E-state index in [4.69, 9.17) is 0 Å². The molecule has 0 aromatic carbocycles. The molecule has 1 aliphatic rings. The fraction of sp³-hybridized carbons (Fsp3) is 0.375. The molecular weight excluding hydrogens is 186 g/mol. The summed E-state index contributed by atoms with van der Waals surface area (Å²) in [7, 11) is 0. The number of aromatic amines is 1. The Bertz CT molecular complexity index is 486. The fourth-order valence-corrected chi connectivity index (χ4v) is 1.54. The number of fused-ring (bicyclic) bond motifs is 1. The summed E-state index contributed by atoms with van der Waals surface area (Å²) in [5, 5.41) is 2.88. The Balaban J connectivity index is 2.80. The Kier molecular flexibility index (Phi) is 1.95. The molecule has 2 heterocycles. The molecule has 0 spiro atoms. The first-order chi connectivity index (χ1) is 6.74. The topological polar surface area (TPSA) is 84.0 Å². The molecule has 0 saturated heterocycles. The maximum Gasteiger partial charge on any atom is 0.329 e. The zero-order chi connectivity index (χ0) is 10.1. The molecule has 0 aliphatic carbocycles. The Hall–Kier alpha value is -1.85. The van der Waals surface area contributed by atoms with Crippen LogP contribution < -0.4 is 16.6 Å². The number of nitrogens with zero attached hydrogens (tertiary/aromatic N) is 1. The minimum absolute atomic E-state index is 0.00991. The Morgan fingerprint density at radius 2 is 2.14 bits per heavy atom. The largest absolute Gasteiger partial charge is 0.371 e. The van der Waals surface area contributed by atoms with Gasteiger partial charge in [-0.15, -0.1) is 0 Å². The minimum Gasteiger partial charge on any atom is -0.371 e. The van der Waals surface area contributed by atoms with Crippen LogP contribution in [0.5, 0.6) is 0 Å². The minimum atomic E-state index is -0.634. The second-order valence-corrected chi connectivity index (χ2v) is 3.07. The van der Waals surface area contributed by atoms with Crippen molar-refractivity contribution >= 4 is 12.1 Å². The molecule has 2 N–H and O–H groups in total. The smallest absolute Gasteiger partial charge is 0.329 e. The molecule has 6 nitrogen and oxygen atoms in total. The van der Waals surface area contributed by atoms with Gasteiger partial charge in [0.25, 0.3) is 5.56 Å². The van der Waals surface area contributed by atoms with E-state index >= 15 is 0 Å². The van der Waals surface area contributed by atoms with E-state index in [-0.39, 0.29) is 5.56 Å². The summed E-state index contributed by atoms with van der Waals surface area (Å²) in [6, 6.07) is 0. The quantitative estimate of drug-likeness (QED) is 0.572. The summed E-state index contributed by atoms with van der Waals surface area (Å²) in [4.78, 5) is 35.2. The summed E-state index contributed by atoms with van der Waals surface area (Å²) in [6.07, 6.45) is 1.26. The van der Waals surface area contributed by atoms with Crippen molar-refractivity contribution in [2.45, 2.75) is 13.0 Å². The van der Waals surface area contributed by atoms with Crippen molar-refractivity contribution in [3.05, 3.63) is 26.4 Å². The van der Waals surface area contributed by atoms with Gasteiger partial charge in [-0.05, 0) is 6.42 Å². The summed E-state index contributed by atoms with van der Waals surface area (Å²) in [5.41, 5.74) is -1.11. The first kappa shape index (κ1) is 8.74. The molecule has 1 aromatic heterocycles. The van der Waals surface area contributed by atoms with E-state index in [2.05, 4.69) is 10.3 Å². The van der Waals surface area contributed by atoms with Gasteiger partial charge in [-0.3, -0.25) is 19.1 Å². The molecule has 74 valence electrons. The van der Waals surface area contributed by atoms with Gasteiger partial charge in [0.15, 0.2) is 6.29 Å². The van der Waals surface area contributed by atoms with Crippen LogP contribution in [0.1, 0.15) is 16.8 Å². The van der Waals surface area contributed by atoms with Crippen LogP contribution in [0, 0.1) is 0 Å². The summed E-state index contributed by atoms with van der Waals surface area (Å²) in [5.74, 6) is 0.333. The average molecular weight is 195 g/mol. The summed E-state index contributed by atoms with van der Waals surface area (Å²) in [6.45, 7) is 1.20. The van der Waals surface area contributed by atoms with Crippen molar-refractivity contribution in [1.82, 2.24) is 9.55 Å². The zero-order valence-electron chi connectivity index (χ0n) is 7.37. The maximum absolute atomic E-state index is 11.3. The van der Waals surface area contributed by atoms with Gasteiger partial charge in [0, 0.05) is 13.1 Å². The number of carbonyl (C=O) groups is 1. The van der Waals surface area contributed by atoms with Gasteiger partial charge in [-0.25, -0.2) is 4.79 Å². The molecule has 0 unspecified atom stereocenters. The summed E-state index contributed by atoms with van der Waals surface area (Å²) < 4.78 is 1.37. The molecule has 0 bridgehead atoms. The highest BCUT2D eigenvalue weighted by Crippen LogP contribution is 2.11. The van der Waals surface area contributed by atoms with E-state index in [9.17, 15) is 14.4 Å². The predicted molar refractivity (Wildman–Crippen MR) is 49.8 cm³/mol. The Morgan fingerprint density at radius 1 is 1.36 bits per heavy atom. The number of nitrogens with one attached hydrogen (secondary N) is 2. The van der Waals surface area contributed by atoms with E-state index < -0.39 is 11.2 Å². The van der Waals surface area contributed by atoms with Gasteiger partial charge in [0.2, 0.25) is 0 Å².